The molecular formula is C48H29N5O. The van der Waals surface area contributed by atoms with Crippen molar-refractivity contribution < 1.29 is 4.42 Å². The predicted octanol–water partition coefficient (Wildman–Crippen LogP) is 12.1. The average Bonchev–Trinajstić information content (AvgIpc) is 3.84. The van der Waals surface area contributed by atoms with Gasteiger partial charge in [-0.15, -0.1) is 0 Å². The highest BCUT2D eigenvalue weighted by atomic mass is 16.3. The minimum absolute atomic E-state index is 0.558. The molecule has 0 fully saturated rings. The van der Waals surface area contributed by atoms with Crippen LogP contribution in [0.4, 0.5) is 0 Å². The fourth-order valence-corrected chi connectivity index (χ4v) is 7.71. The Labute approximate surface area is 309 Å². The number of hydrogen-bond donors (Lipinski definition) is 0. The Bertz CT molecular complexity index is 3180. The van der Waals surface area contributed by atoms with E-state index >= 15 is 0 Å². The largest absolute Gasteiger partial charge is 0.435 e. The molecule has 0 saturated carbocycles. The highest BCUT2D eigenvalue weighted by Crippen LogP contribution is 2.38. The topological polar surface area (TPSA) is 69.6 Å². The number of oxazole rings is 1. The highest BCUT2D eigenvalue weighted by Gasteiger charge is 2.20. The van der Waals surface area contributed by atoms with Crippen LogP contribution in [0.3, 0.4) is 0 Å². The van der Waals surface area contributed by atoms with Crippen molar-refractivity contribution in [1.82, 2.24) is 24.5 Å². The first-order valence-electron chi connectivity index (χ1n) is 18.0. The van der Waals surface area contributed by atoms with E-state index in [2.05, 4.69) is 126 Å². The third kappa shape index (κ3) is 4.89. The van der Waals surface area contributed by atoms with E-state index < -0.39 is 0 Å². The molecule has 0 unspecified atom stereocenters. The van der Waals surface area contributed by atoms with E-state index in [9.17, 15) is 0 Å². The fraction of sp³-hybridized carbons (Fsp3) is 0. The summed E-state index contributed by atoms with van der Waals surface area (Å²) in [6.07, 6.45) is 0. The van der Waals surface area contributed by atoms with Crippen molar-refractivity contribution in [3.8, 4) is 51.3 Å². The lowest BCUT2D eigenvalue weighted by Gasteiger charge is -2.12. The van der Waals surface area contributed by atoms with Crippen molar-refractivity contribution in [2.45, 2.75) is 0 Å². The number of benzene rings is 8. The van der Waals surface area contributed by atoms with Gasteiger partial charge in [0, 0.05) is 44.1 Å². The molecule has 11 aromatic rings. The van der Waals surface area contributed by atoms with Crippen LogP contribution in [0.5, 0.6) is 0 Å². The van der Waals surface area contributed by atoms with Crippen LogP contribution in [0, 0.1) is 0 Å². The lowest BCUT2D eigenvalue weighted by Crippen LogP contribution is -2.01. The Morgan fingerprint density at radius 2 is 1.04 bits per heavy atom. The lowest BCUT2D eigenvalue weighted by atomic mass is 10.0. The van der Waals surface area contributed by atoms with Gasteiger partial charge in [0.15, 0.2) is 23.1 Å². The third-order valence-electron chi connectivity index (χ3n) is 10.2. The molecule has 11 rings (SSSR count). The molecule has 8 aromatic carbocycles. The Morgan fingerprint density at radius 1 is 0.407 bits per heavy atom. The summed E-state index contributed by atoms with van der Waals surface area (Å²) in [4.78, 5) is 20.4. The van der Waals surface area contributed by atoms with E-state index in [1.807, 2.05) is 54.6 Å². The highest BCUT2D eigenvalue weighted by molar-refractivity contribution is 6.11. The molecule has 6 nitrogen and oxygen atoms in total. The van der Waals surface area contributed by atoms with E-state index in [0.717, 1.165) is 60.6 Å². The second kappa shape index (κ2) is 12.1. The number of aromatic nitrogens is 5. The molecule has 0 N–H and O–H groups in total. The van der Waals surface area contributed by atoms with Crippen LogP contribution in [-0.4, -0.2) is 24.5 Å². The van der Waals surface area contributed by atoms with Crippen molar-refractivity contribution >= 4 is 54.5 Å². The SMILES string of the molecule is c1ccc(-c2nc(-c3cccc(-n4c5ccccc5c5ccccc54)c3)nc(-c3cccc4ccc5nc(-c6ccc7ccccc7c6)oc5c34)n2)cc1. The van der Waals surface area contributed by atoms with E-state index in [4.69, 9.17) is 24.4 Å². The van der Waals surface area contributed by atoms with Gasteiger partial charge in [-0.05, 0) is 58.6 Å². The summed E-state index contributed by atoms with van der Waals surface area (Å²) in [5.41, 5.74) is 8.36. The van der Waals surface area contributed by atoms with E-state index in [1.165, 1.54) is 16.2 Å². The molecule has 252 valence electrons. The van der Waals surface area contributed by atoms with Crippen molar-refractivity contribution in [2.24, 2.45) is 0 Å². The summed E-state index contributed by atoms with van der Waals surface area (Å²) < 4.78 is 8.96. The normalized spacial score (nSPS) is 11.7. The summed E-state index contributed by atoms with van der Waals surface area (Å²) in [5, 5.41) is 6.65. The van der Waals surface area contributed by atoms with Crippen LogP contribution in [0.25, 0.3) is 106 Å². The molecule has 0 spiro atoms. The molecule has 0 amide bonds. The number of hydrogen-bond acceptors (Lipinski definition) is 5. The van der Waals surface area contributed by atoms with Gasteiger partial charge >= 0.3 is 0 Å². The van der Waals surface area contributed by atoms with Gasteiger partial charge in [0.2, 0.25) is 5.89 Å². The number of nitrogens with zero attached hydrogens (tertiary/aromatic N) is 5. The van der Waals surface area contributed by atoms with Crippen LogP contribution in [-0.2, 0) is 0 Å². The van der Waals surface area contributed by atoms with Crippen LogP contribution < -0.4 is 0 Å². The van der Waals surface area contributed by atoms with E-state index in [0.29, 0.717) is 28.9 Å². The first-order valence-corrected chi connectivity index (χ1v) is 18.0. The number of fused-ring (bicyclic) bond motifs is 7. The van der Waals surface area contributed by atoms with Gasteiger partial charge in [-0.2, -0.15) is 0 Å². The monoisotopic (exact) mass is 691 g/mol. The maximum absolute atomic E-state index is 6.65. The minimum atomic E-state index is 0.558. The van der Waals surface area contributed by atoms with Gasteiger partial charge in [0.1, 0.15) is 5.52 Å². The Hall–Kier alpha value is -7.44. The Kier molecular flexibility index (Phi) is 6.75. The van der Waals surface area contributed by atoms with Crippen LogP contribution in [0.1, 0.15) is 0 Å². The standard InChI is InChI=1S/C48H29N5O/c1-2-13-32(14-3-1)45-50-46(34-17-10-18-36(29-34)53-41-22-8-6-19-37(41)38-20-7-9-23-42(38)53)52-47(51-45)39-21-11-16-31-26-27-40-44(43(31)39)54-48(49-40)35-25-24-30-12-4-5-15-33(30)28-35/h1-29H. The van der Waals surface area contributed by atoms with Crippen LogP contribution >= 0.6 is 0 Å². The molecular weight excluding hydrogens is 663 g/mol. The smallest absolute Gasteiger partial charge is 0.227 e. The molecule has 0 aliphatic rings. The Balaban J connectivity index is 1.11. The van der Waals surface area contributed by atoms with Crippen molar-refractivity contribution in [3.05, 3.63) is 176 Å². The summed E-state index contributed by atoms with van der Waals surface area (Å²) in [6.45, 7) is 0. The quantitative estimate of drug-likeness (QED) is 0.180. The van der Waals surface area contributed by atoms with Gasteiger partial charge < -0.3 is 8.98 Å². The summed E-state index contributed by atoms with van der Waals surface area (Å²) in [6, 6.07) is 60.5. The van der Waals surface area contributed by atoms with Crippen molar-refractivity contribution in [2.75, 3.05) is 0 Å². The van der Waals surface area contributed by atoms with Crippen molar-refractivity contribution in [3.63, 3.8) is 0 Å². The molecule has 0 radical (unpaired) electrons. The lowest BCUT2D eigenvalue weighted by molar-refractivity contribution is 0.623. The summed E-state index contributed by atoms with van der Waals surface area (Å²) in [5.74, 6) is 2.31. The van der Waals surface area contributed by atoms with Crippen molar-refractivity contribution in [1.29, 1.82) is 0 Å². The zero-order valence-corrected chi connectivity index (χ0v) is 28.9. The minimum Gasteiger partial charge on any atom is -0.435 e. The molecule has 0 saturated heterocycles. The van der Waals surface area contributed by atoms with Crippen LogP contribution in [0.15, 0.2) is 180 Å². The molecule has 0 aliphatic heterocycles. The molecule has 0 aliphatic carbocycles. The molecule has 3 aromatic heterocycles. The summed E-state index contributed by atoms with van der Waals surface area (Å²) >= 11 is 0. The van der Waals surface area contributed by atoms with Crippen LogP contribution in [0.2, 0.25) is 0 Å². The Morgan fingerprint density at radius 3 is 1.85 bits per heavy atom. The van der Waals surface area contributed by atoms with Gasteiger partial charge in [0.25, 0.3) is 0 Å². The van der Waals surface area contributed by atoms with Gasteiger partial charge in [-0.1, -0.05) is 133 Å². The maximum atomic E-state index is 6.65. The predicted molar refractivity (Wildman–Crippen MR) is 218 cm³/mol. The second-order valence-corrected chi connectivity index (χ2v) is 13.5. The van der Waals surface area contributed by atoms with Gasteiger partial charge in [0.05, 0.1) is 11.0 Å². The average molecular weight is 692 g/mol. The number of rotatable bonds is 5. The maximum Gasteiger partial charge on any atom is 0.227 e. The zero-order chi connectivity index (χ0) is 35.6. The summed E-state index contributed by atoms with van der Waals surface area (Å²) in [7, 11) is 0. The third-order valence-corrected chi connectivity index (χ3v) is 10.2. The molecule has 0 atom stereocenters. The van der Waals surface area contributed by atoms with Gasteiger partial charge in [-0.25, -0.2) is 19.9 Å². The van der Waals surface area contributed by atoms with E-state index in [-0.39, 0.29) is 0 Å². The molecule has 54 heavy (non-hydrogen) atoms. The number of para-hydroxylation sites is 2. The first-order chi connectivity index (χ1) is 26.7. The molecule has 6 heteroatoms. The zero-order valence-electron chi connectivity index (χ0n) is 28.9. The fourth-order valence-electron chi connectivity index (χ4n) is 7.71. The van der Waals surface area contributed by atoms with Gasteiger partial charge in [-0.3, -0.25) is 0 Å². The first kappa shape index (κ1) is 30.2. The second-order valence-electron chi connectivity index (χ2n) is 13.5. The van der Waals surface area contributed by atoms with E-state index in [1.54, 1.807) is 0 Å². The molecule has 0 bridgehead atoms. The molecule has 3 heterocycles.